The number of fused-ring (bicyclic) bond motifs is 1. The zero-order chi connectivity index (χ0) is 21.7. The number of benzene rings is 2. The van der Waals surface area contributed by atoms with Crippen molar-refractivity contribution >= 4 is 22.4 Å². The predicted octanol–water partition coefficient (Wildman–Crippen LogP) is 4.12. The number of halogens is 1. The summed E-state index contributed by atoms with van der Waals surface area (Å²) in [5, 5.41) is 0. The fraction of sp³-hybridized carbons (Fsp3) is 0.500. The molecule has 0 aliphatic carbocycles. The molecule has 2 heterocycles. The van der Waals surface area contributed by atoms with Crippen LogP contribution in [0.25, 0.3) is 0 Å². The Bertz CT molecular complexity index is 976. The Hall–Kier alpha value is -1.80. The third-order valence-electron chi connectivity index (χ3n) is 6.19. The minimum atomic E-state index is -3.54. The van der Waals surface area contributed by atoms with E-state index in [0.29, 0.717) is 36.8 Å². The lowest BCUT2D eigenvalue weighted by molar-refractivity contribution is 0.205. The number of ether oxygens (including phenoxy) is 2. The van der Waals surface area contributed by atoms with Gasteiger partial charge in [0.25, 0.3) is 0 Å². The molecule has 8 heteroatoms. The maximum Gasteiger partial charge on any atom is 0.243 e. The van der Waals surface area contributed by atoms with E-state index in [1.165, 1.54) is 37.9 Å². The Morgan fingerprint density at radius 3 is 2.34 bits per heavy atom. The molecule has 0 bridgehead atoms. The van der Waals surface area contributed by atoms with Gasteiger partial charge in [-0.15, -0.1) is 12.4 Å². The van der Waals surface area contributed by atoms with Crippen molar-refractivity contribution in [1.29, 1.82) is 0 Å². The number of sulfonamides is 1. The average Bonchev–Trinajstić information content (AvgIpc) is 2.82. The molecule has 0 radical (unpaired) electrons. The van der Waals surface area contributed by atoms with Gasteiger partial charge < -0.3 is 14.4 Å². The molecule has 0 saturated carbocycles. The fourth-order valence-corrected chi connectivity index (χ4v) is 5.78. The topological polar surface area (TPSA) is 59.1 Å². The molecule has 6 nitrogen and oxygen atoms in total. The first-order valence-electron chi connectivity index (χ1n) is 11.2. The average molecular weight is 481 g/mol. The van der Waals surface area contributed by atoms with Crippen molar-refractivity contribution in [3.8, 4) is 11.5 Å². The number of rotatable bonds is 8. The number of piperidine rings is 1. The lowest BCUT2D eigenvalue weighted by Crippen LogP contribution is -2.36. The van der Waals surface area contributed by atoms with Gasteiger partial charge in [0.05, 0.1) is 18.6 Å². The summed E-state index contributed by atoms with van der Waals surface area (Å²) in [6.07, 6.45) is 5.69. The van der Waals surface area contributed by atoms with Crippen molar-refractivity contribution in [2.75, 3.05) is 39.9 Å². The first-order chi connectivity index (χ1) is 15.1. The van der Waals surface area contributed by atoms with E-state index in [1.807, 2.05) is 12.1 Å². The van der Waals surface area contributed by atoms with Crippen LogP contribution in [0.15, 0.2) is 47.4 Å². The van der Waals surface area contributed by atoms with Gasteiger partial charge in [0, 0.05) is 19.6 Å². The lowest BCUT2D eigenvalue weighted by Gasteiger charge is -2.28. The molecule has 2 aromatic carbocycles. The quantitative estimate of drug-likeness (QED) is 0.532. The van der Waals surface area contributed by atoms with E-state index in [9.17, 15) is 8.42 Å². The second-order valence-corrected chi connectivity index (χ2v) is 10.2. The van der Waals surface area contributed by atoms with Gasteiger partial charge in [0.15, 0.2) is 0 Å². The molecule has 2 aromatic rings. The summed E-state index contributed by atoms with van der Waals surface area (Å²) in [4.78, 5) is 2.81. The van der Waals surface area contributed by atoms with Gasteiger partial charge in [-0.1, -0.05) is 12.5 Å². The molecular weight excluding hydrogens is 448 g/mol. The lowest BCUT2D eigenvalue weighted by atomic mass is 10.0. The Labute approximate surface area is 198 Å². The molecule has 2 aliphatic rings. The SMILES string of the molecule is COc1ccc(S(=O)(=O)N2CCc3ccc(OCCCN4CCCCC4)cc3C2)cc1.Cl. The van der Waals surface area contributed by atoms with Crippen LogP contribution in [0.1, 0.15) is 36.8 Å². The Balaban J connectivity index is 0.00000289. The molecule has 4 rings (SSSR count). The summed E-state index contributed by atoms with van der Waals surface area (Å²) in [7, 11) is -1.98. The Morgan fingerprint density at radius 2 is 1.62 bits per heavy atom. The van der Waals surface area contributed by atoms with Crippen molar-refractivity contribution in [3.05, 3.63) is 53.6 Å². The van der Waals surface area contributed by atoms with Crippen molar-refractivity contribution < 1.29 is 17.9 Å². The largest absolute Gasteiger partial charge is 0.497 e. The molecule has 0 unspecified atom stereocenters. The summed E-state index contributed by atoms with van der Waals surface area (Å²) in [6, 6.07) is 12.7. The maximum absolute atomic E-state index is 13.1. The highest BCUT2D eigenvalue weighted by Gasteiger charge is 2.28. The number of hydrogen-bond acceptors (Lipinski definition) is 5. The van der Waals surface area contributed by atoms with E-state index >= 15 is 0 Å². The molecule has 176 valence electrons. The summed E-state index contributed by atoms with van der Waals surface area (Å²) < 4.78 is 38.9. The minimum Gasteiger partial charge on any atom is -0.497 e. The fourth-order valence-electron chi connectivity index (χ4n) is 4.36. The number of methoxy groups -OCH3 is 1. The smallest absolute Gasteiger partial charge is 0.243 e. The number of hydrogen-bond donors (Lipinski definition) is 0. The standard InChI is InChI=1S/C24H32N2O4S.ClH/c1-29-22-8-10-24(11-9-22)31(27,28)26-16-12-20-6-7-23(18-21(20)19-26)30-17-5-15-25-13-3-2-4-14-25;/h6-11,18H,2-5,12-17,19H2,1H3;1H. The van der Waals surface area contributed by atoms with Crippen LogP contribution in [0.3, 0.4) is 0 Å². The first kappa shape index (κ1) is 24.8. The second-order valence-electron chi connectivity index (χ2n) is 8.30. The van der Waals surface area contributed by atoms with Gasteiger partial charge in [-0.3, -0.25) is 0 Å². The third-order valence-corrected chi connectivity index (χ3v) is 8.05. The van der Waals surface area contributed by atoms with Crippen LogP contribution < -0.4 is 9.47 Å². The minimum absolute atomic E-state index is 0. The van der Waals surface area contributed by atoms with Crippen LogP contribution in [0.4, 0.5) is 0 Å². The van der Waals surface area contributed by atoms with Gasteiger partial charge >= 0.3 is 0 Å². The monoisotopic (exact) mass is 480 g/mol. The zero-order valence-electron chi connectivity index (χ0n) is 18.7. The van der Waals surface area contributed by atoms with Gasteiger partial charge in [-0.25, -0.2) is 8.42 Å². The molecule has 2 aliphatic heterocycles. The van der Waals surface area contributed by atoms with Crippen molar-refractivity contribution in [1.82, 2.24) is 9.21 Å². The maximum atomic E-state index is 13.1. The summed E-state index contributed by atoms with van der Waals surface area (Å²) >= 11 is 0. The molecule has 0 spiro atoms. The van der Waals surface area contributed by atoms with E-state index in [-0.39, 0.29) is 12.4 Å². The first-order valence-corrected chi connectivity index (χ1v) is 12.6. The molecule has 0 aromatic heterocycles. The van der Waals surface area contributed by atoms with Gasteiger partial charge in [0.1, 0.15) is 11.5 Å². The highest BCUT2D eigenvalue weighted by molar-refractivity contribution is 7.89. The molecule has 0 atom stereocenters. The second kappa shape index (κ2) is 11.4. The highest BCUT2D eigenvalue weighted by Crippen LogP contribution is 2.28. The van der Waals surface area contributed by atoms with Crippen LogP contribution in [-0.2, 0) is 23.0 Å². The zero-order valence-corrected chi connectivity index (χ0v) is 20.3. The van der Waals surface area contributed by atoms with Crippen LogP contribution >= 0.6 is 12.4 Å². The molecule has 32 heavy (non-hydrogen) atoms. The predicted molar refractivity (Wildman–Crippen MR) is 128 cm³/mol. The Morgan fingerprint density at radius 1 is 0.906 bits per heavy atom. The van der Waals surface area contributed by atoms with Crippen LogP contribution in [0, 0.1) is 0 Å². The van der Waals surface area contributed by atoms with Crippen LogP contribution in [0.5, 0.6) is 11.5 Å². The van der Waals surface area contributed by atoms with Crippen LogP contribution in [-0.4, -0.2) is 57.5 Å². The highest BCUT2D eigenvalue weighted by atomic mass is 35.5. The number of likely N-dealkylation sites (tertiary alicyclic amines) is 1. The van der Waals surface area contributed by atoms with Crippen molar-refractivity contribution in [2.45, 2.75) is 43.5 Å². The third kappa shape index (κ3) is 5.95. The molecule has 0 N–H and O–H groups in total. The van der Waals surface area contributed by atoms with Gasteiger partial charge in [0.2, 0.25) is 10.0 Å². The van der Waals surface area contributed by atoms with E-state index < -0.39 is 10.0 Å². The molecule has 1 fully saturated rings. The Kier molecular flexibility index (Phi) is 8.82. The molecular formula is C24H33ClN2O4S. The van der Waals surface area contributed by atoms with Gasteiger partial charge in [-0.2, -0.15) is 4.31 Å². The van der Waals surface area contributed by atoms with Gasteiger partial charge in [-0.05, 0) is 86.3 Å². The normalized spacial score (nSPS) is 17.3. The van der Waals surface area contributed by atoms with E-state index in [1.54, 1.807) is 35.7 Å². The van der Waals surface area contributed by atoms with E-state index in [2.05, 4.69) is 11.0 Å². The summed E-state index contributed by atoms with van der Waals surface area (Å²) in [6.45, 7) is 5.03. The molecule has 0 amide bonds. The molecule has 1 saturated heterocycles. The van der Waals surface area contributed by atoms with E-state index in [0.717, 1.165) is 24.3 Å². The summed E-state index contributed by atoms with van der Waals surface area (Å²) in [5.74, 6) is 1.46. The summed E-state index contributed by atoms with van der Waals surface area (Å²) in [5.41, 5.74) is 2.22. The number of nitrogens with zero attached hydrogens (tertiary/aromatic N) is 2. The van der Waals surface area contributed by atoms with Crippen LogP contribution in [0.2, 0.25) is 0 Å². The van der Waals surface area contributed by atoms with Crippen molar-refractivity contribution in [2.24, 2.45) is 0 Å². The van der Waals surface area contributed by atoms with E-state index in [4.69, 9.17) is 9.47 Å². The van der Waals surface area contributed by atoms with Crippen molar-refractivity contribution in [3.63, 3.8) is 0 Å².